The number of sulfonamides is 1. The van der Waals surface area contributed by atoms with Crippen LogP contribution >= 0.6 is 11.6 Å². The molecule has 0 aliphatic rings. The maximum Gasteiger partial charge on any atom is 0.240 e. The van der Waals surface area contributed by atoms with E-state index >= 15 is 0 Å². The number of halogens is 2. The first-order valence-electron chi connectivity index (χ1n) is 4.70. The number of nitrogens with two attached hydrogens (primary N) is 1. The summed E-state index contributed by atoms with van der Waals surface area (Å²) in [5.74, 6) is -1.83. The molecule has 0 fully saturated rings. The standard InChI is InChI=1S/C10H11ClFNO3S/c1-5(2)10(14)6-3-9(17(13,15)16)8(12)4-7(6)11/h3-5H,1-2H3,(H2,13,15,16). The highest BCUT2D eigenvalue weighted by Gasteiger charge is 2.21. The number of rotatable bonds is 3. The second-order valence-corrected chi connectivity index (χ2v) is 5.76. The number of benzene rings is 1. The topological polar surface area (TPSA) is 77.2 Å². The van der Waals surface area contributed by atoms with Crippen LogP contribution < -0.4 is 5.14 Å². The smallest absolute Gasteiger partial charge is 0.240 e. The minimum absolute atomic E-state index is 0.0490. The van der Waals surface area contributed by atoms with Crippen LogP contribution in [0.2, 0.25) is 5.02 Å². The van der Waals surface area contributed by atoms with Gasteiger partial charge in [0.2, 0.25) is 10.0 Å². The monoisotopic (exact) mass is 279 g/mol. The van der Waals surface area contributed by atoms with Crippen LogP contribution in [0, 0.1) is 11.7 Å². The van der Waals surface area contributed by atoms with Crippen LogP contribution in [0.1, 0.15) is 24.2 Å². The molecule has 0 spiro atoms. The van der Waals surface area contributed by atoms with Crippen molar-refractivity contribution < 1.29 is 17.6 Å². The predicted molar refractivity (Wildman–Crippen MR) is 62.0 cm³/mol. The third-order valence-electron chi connectivity index (χ3n) is 2.12. The van der Waals surface area contributed by atoms with E-state index in [0.717, 1.165) is 12.1 Å². The van der Waals surface area contributed by atoms with Gasteiger partial charge in [-0.15, -0.1) is 0 Å². The van der Waals surface area contributed by atoms with Gasteiger partial charge in [0.25, 0.3) is 0 Å². The second kappa shape index (κ2) is 4.72. The first-order valence-corrected chi connectivity index (χ1v) is 6.63. The van der Waals surface area contributed by atoms with Crippen molar-refractivity contribution in [3.05, 3.63) is 28.5 Å². The van der Waals surface area contributed by atoms with Gasteiger partial charge in [0.05, 0.1) is 5.02 Å². The average molecular weight is 280 g/mol. The molecule has 7 heteroatoms. The lowest BCUT2D eigenvalue weighted by molar-refractivity contribution is 0.0939. The maximum absolute atomic E-state index is 13.3. The summed E-state index contributed by atoms with van der Waals surface area (Å²) < 4.78 is 35.5. The molecule has 1 aromatic carbocycles. The summed E-state index contributed by atoms with van der Waals surface area (Å²) in [6.07, 6.45) is 0. The Hall–Kier alpha value is -0.980. The maximum atomic E-state index is 13.3. The van der Waals surface area contributed by atoms with E-state index in [1.807, 2.05) is 0 Å². The van der Waals surface area contributed by atoms with Gasteiger partial charge >= 0.3 is 0 Å². The molecule has 0 heterocycles. The van der Waals surface area contributed by atoms with Crippen LogP contribution in [0.4, 0.5) is 4.39 Å². The Bertz CT molecular complexity index is 569. The van der Waals surface area contributed by atoms with Gasteiger partial charge in [-0.1, -0.05) is 25.4 Å². The van der Waals surface area contributed by atoms with Crippen molar-refractivity contribution in [1.29, 1.82) is 0 Å². The molecule has 0 unspecified atom stereocenters. The van der Waals surface area contributed by atoms with Crippen molar-refractivity contribution in [3.63, 3.8) is 0 Å². The van der Waals surface area contributed by atoms with Crippen LogP contribution in [0.5, 0.6) is 0 Å². The average Bonchev–Trinajstić information content (AvgIpc) is 2.14. The van der Waals surface area contributed by atoms with E-state index in [2.05, 4.69) is 0 Å². The van der Waals surface area contributed by atoms with Crippen LogP contribution in [-0.4, -0.2) is 14.2 Å². The normalized spacial score (nSPS) is 11.9. The van der Waals surface area contributed by atoms with Gasteiger partial charge in [-0.05, 0) is 12.1 Å². The van der Waals surface area contributed by atoms with Crippen molar-refractivity contribution in [2.45, 2.75) is 18.7 Å². The quantitative estimate of drug-likeness (QED) is 0.859. The zero-order chi connectivity index (χ0) is 13.4. The molecular formula is C10H11ClFNO3S. The number of hydrogen-bond donors (Lipinski definition) is 1. The molecule has 0 radical (unpaired) electrons. The fraction of sp³-hybridized carbons (Fsp3) is 0.300. The van der Waals surface area contributed by atoms with Crippen molar-refractivity contribution >= 4 is 27.4 Å². The van der Waals surface area contributed by atoms with E-state index in [-0.39, 0.29) is 22.3 Å². The lowest BCUT2D eigenvalue weighted by atomic mass is 10.0. The van der Waals surface area contributed by atoms with Crippen LogP contribution in [0.15, 0.2) is 17.0 Å². The number of carbonyl (C=O) groups is 1. The Balaban J connectivity index is 3.50. The molecule has 4 nitrogen and oxygen atoms in total. The molecule has 0 aliphatic heterocycles. The Kier molecular flexibility index (Phi) is 3.91. The molecule has 94 valence electrons. The number of hydrogen-bond acceptors (Lipinski definition) is 3. The minimum Gasteiger partial charge on any atom is -0.294 e. The Morgan fingerprint density at radius 3 is 2.35 bits per heavy atom. The fourth-order valence-electron chi connectivity index (χ4n) is 1.25. The molecule has 2 N–H and O–H groups in total. The van der Waals surface area contributed by atoms with Crippen molar-refractivity contribution in [1.82, 2.24) is 0 Å². The predicted octanol–water partition coefficient (Wildman–Crippen LogP) is 1.97. The van der Waals surface area contributed by atoms with Crippen LogP contribution in [-0.2, 0) is 10.0 Å². The van der Waals surface area contributed by atoms with Crippen molar-refractivity contribution in [3.8, 4) is 0 Å². The molecule has 0 bridgehead atoms. The highest BCUT2D eigenvalue weighted by molar-refractivity contribution is 7.89. The van der Waals surface area contributed by atoms with Gasteiger partial charge < -0.3 is 0 Å². The highest BCUT2D eigenvalue weighted by Crippen LogP contribution is 2.25. The zero-order valence-corrected chi connectivity index (χ0v) is 10.8. The number of ketones is 1. The molecule has 0 aromatic heterocycles. The third-order valence-corrected chi connectivity index (χ3v) is 3.36. The largest absolute Gasteiger partial charge is 0.294 e. The van der Waals surface area contributed by atoms with E-state index in [1.165, 1.54) is 0 Å². The summed E-state index contributed by atoms with van der Waals surface area (Å²) in [4.78, 5) is 11.0. The summed E-state index contributed by atoms with van der Waals surface area (Å²) >= 11 is 5.69. The molecule has 0 amide bonds. The summed E-state index contributed by atoms with van der Waals surface area (Å²) in [7, 11) is -4.22. The summed E-state index contributed by atoms with van der Waals surface area (Å²) in [5.41, 5.74) is -0.0490. The van der Waals surface area contributed by atoms with Crippen molar-refractivity contribution in [2.75, 3.05) is 0 Å². The Morgan fingerprint density at radius 1 is 1.41 bits per heavy atom. The molecule has 0 saturated heterocycles. The molecule has 1 rings (SSSR count). The van der Waals surface area contributed by atoms with E-state index in [9.17, 15) is 17.6 Å². The third kappa shape index (κ3) is 3.02. The van der Waals surface area contributed by atoms with E-state index in [0.29, 0.717) is 0 Å². The fourth-order valence-corrected chi connectivity index (χ4v) is 2.10. The molecule has 1 aromatic rings. The van der Waals surface area contributed by atoms with Gasteiger partial charge in [0, 0.05) is 11.5 Å². The van der Waals surface area contributed by atoms with Crippen LogP contribution in [0.25, 0.3) is 0 Å². The molecule has 0 saturated carbocycles. The van der Waals surface area contributed by atoms with Gasteiger partial charge in [-0.3, -0.25) is 4.79 Å². The SMILES string of the molecule is CC(C)C(=O)c1cc(S(N)(=O)=O)c(F)cc1Cl. The van der Waals surface area contributed by atoms with E-state index < -0.39 is 20.7 Å². The van der Waals surface area contributed by atoms with Gasteiger partial charge in [0.15, 0.2) is 5.78 Å². The molecule has 17 heavy (non-hydrogen) atoms. The lowest BCUT2D eigenvalue weighted by Gasteiger charge is -2.09. The lowest BCUT2D eigenvalue weighted by Crippen LogP contribution is -2.16. The van der Waals surface area contributed by atoms with Gasteiger partial charge in [0.1, 0.15) is 10.7 Å². The second-order valence-electron chi connectivity index (χ2n) is 3.83. The van der Waals surface area contributed by atoms with Crippen molar-refractivity contribution in [2.24, 2.45) is 11.1 Å². The number of carbonyl (C=O) groups excluding carboxylic acids is 1. The molecular weight excluding hydrogens is 269 g/mol. The summed E-state index contributed by atoms with van der Waals surface area (Å²) in [6.45, 7) is 3.25. The van der Waals surface area contributed by atoms with E-state index in [1.54, 1.807) is 13.8 Å². The van der Waals surface area contributed by atoms with Gasteiger partial charge in [-0.25, -0.2) is 17.9 Å². The van der Waals surface area contributed by atoms with Gasteiger partial charge in [-0.2, -0.15) is 0 Å². The van der Waals surface area contributed by atoms with E-state index in [4.69, 9.17) is 16.7 Å². The molecule has 0 aliphatic carbocycles. The zero-order valence-electron chi connectivity index (χ0n) is 9.20. The minimum atomic E-state index is -4.22. The highest BCUT2D eigenvalue weighted by atomic mass is 35.5. The summed E-state index contributed by atoms with van der Waals surface area (Å²) in [6, 6.07) is 1.65. The number of Topliss-reactive ketones (excluding diaryl/α,β-unsaturated/α-hetero) is 1. The molecule has 0 atom stereocenters. The first-order chi connectivity index (χ1) is 7.64. The number of primary sulfonamides is 1. The Labute approximate surface area is 104 Å². The Morgan fingerprint density at radius 2 is 1.94 bits per heavy atom. The summed E-state index contributed by atoms with van der Waals surface area (Å²) in [5, 5.41) is 4.70. The van der Waals surface area contributed by atoms with Crippen LogP contribution in [0.3, 0.4) is 0 Å². The first kappa shape index (κ1) is 14.1.